The maximum absolute atomic E-state index is 12.3. The Labute approximate surface area is 144 Å². The van der Waals surface area contributed by atoms with Gasteiger partial charge in [0.15, 0.2) is 5.65 Å². The van der Waals surface area contributed by atoms with Gasteiger partial charge < -0.3 is 9.47 Å². The van der Waals surface area contributed by atoms with Gasteiger partial charge in [-0.3, -0.25) is 4.79 Å². The number of aromatic nitrogens is 4. The van der Waals surface area contributed by atoms with Crippen molar-refractivity contribution in [2.45, 2.75) is 24.4 Å². The number of nitrogens with zero attached hydrogens (tertiary/aromatic N) is 5. The molecule has 1 aromatic carbocycles. The van der Waals surface area contributed by atoms with Gasteiger partial charge in [0.2, 0.25) is 11.1 Å². The van der Waals surface area contributed by atoms with E-state index in [0.717, 1.165) is 48.0 Å². The highest BCUT2D eigenvalue weighted by atomic mass is 32.2. The van der Waals surface area contributed by atoms with E-state index in [9.17, 15) is 4.79 Å². The molecule has 0 N–H and O–H groups in total. The molecule has 0 aliphatic carbocycles. The summed E-state index contributed by atoms with van der Waals surface area (Å²) in [6, 6.07) is 8.07. The lowest BCUT2D eigenvalue weighted by atomic mass is 10.1. The number of benzene rings is 1. The monoisotopic (exact) mass is 341 g/mol. The highest BCUT2D eigenvalue weighted by Crippen LogP contribution is 2.26. The first kappa shape index (κ1) is 15.4. The van der Waals surface area contributed by atoms with Gasteiger partial charge in [0.1, 0.15) is 5.52 Å². The van der Waals surface area contributed by atoms with Crippen LogP contribution in [0.4, 0.5) is 0 Å². The van der Waals surface area contributed by atoms with Crippen LogP contribution in [0.1, 0.15) is 19.3 Å². The number of para-hydroxylation sites is 1. The Balaban J connectivity index is 1.55. The molecule has 2 aromatic heterocycles. The van der Waals surface area contributed by atoms with Crippen molar-refractivity contribution in [3.05, 3.63) is 24.3 Å². The van der Waals surface area contributed by atoms with Crippen molar-refractivity contribution >= 4 is 39.7 Å². The smallest absolute Gasteiger partial charge is 0.233 e. The van der Waals surface area contributed by atoms with Crippen molar-refractivity contribution in [3.63, 3.8) is 0 Å². The third-order valence-corrected chi connectivity index (χ3v) is 5.34. The first-order valence-corrected chi connectivity index (χ1v) is 9.21. The Morgan fingerprint density at radius 3 is 2.79 bits per heavy atom. The zero-order valence-corrected chi connectivity index (χ0v) is 14.4. The van der Waals surface area contributed by atoms with E-state index in [1.165, 1.54) is 18.2 Å². The van der Waals surface area contributed by atoms with Crippen LogP contribution in [-0.2, 0) is 11.8 Å². The Kier molecular flexibility index (Phi) is 4.10. The highest BCUT2D eigenvalue weighted by molar-refractivity contribution is 7.99. The molecule has 0 spiro atoms. The third-order valence-electron chi connectivity index (χ3n) is 4.52. The minimum atomic E-state index is 0.167. The fourth-order valence-electron chi connectivity index (χ4n) is 3.21. The van der Waals surface area contributed by atoms with Crippen LogP contribution in [0.2, 0.25) is 0 Å². The fourth-order valence-corrected chi connectivity index (χ4v) is 3.90. The summed E-state index contributed by atoms with van der Waals surface area (Å²) >= 11 is 1.37. The van der Waals surface area contributed by atoms with E-state index >= 15 is 0 Å². The number of hydrogen-bond acceptors (Lipinski definition) is 5. The summed E-state index contributed by atoms with van der Waals surface area (Å²) < 4.78 is 2.02. The maximum atomic E-state index is 12.3. The summed E-state index contributed by atoms with van der Waals surface area (Å²) in [5.41, 5.74) is 2.69. The predicted molar refractivity (Wildman–Crippen MR) is 95.0 cm³/mol. The van der Waals surface area contributed by atoms with E-state index in [1.807, 2.05) is 40.8 Å². The highest BCUT2D eigenvalue weighted by Gasteiger charge is 2.18. The molecule has 6 nitrogen and oxygen atoms in total. The fraction of sp³-hybridized carbons (Fsp3) is 0.412. The second-order valence-corrected chi connectivity index (χ2v) is 7.02. The van der Waals surface area contributed by atoms with Crippen LogP contribution in [0.15, 0.2) is 29.4 Å². The van der Waals surface area contributed by atoms with Crippen LogP contribution in [0.25, 0.3) is 22.1 Å². The van der Waals surface area contributed by atoms with E-state index in [0.29, 0.717) is 10.9 Å². The number of amides is 1. The SMILES string of the molecule is Cn1c2ccccc2c2nnc(SCC(=O)N3CCCCC3)nc21. The van der Waals surface area contributed by atoms with E-state index in [2.05, 4.69) is 15.2 Å². The molecule has 0 saturated carbocycles. The minimum Gasteiger partial charge on any atom is -0.342 e. The first-order chi connectivity index (χ1) is 11.7. The van der Waals surface area contributed by atoms with Gasteiger partial charge >= 0.3 is 0 Å². The number of carbonyl (C=O) groups excluding carboxylic acids is 1. The Morgan fingerprint density at radius 2 is 1.96 bits per heavy atom. The van der Waals surface area contributed by atoms with Crippen molar-refractivity contribution in [2.75, 3.05) is 18.8 Å². The molecular weight excluding hydrogens is 322 g/mol. The van der Waals surface area contributed by atoms with Gasteiger partial charge in [0.05, 0.1) is 11.3 Å². The van der Waals surface area contributed by atoms with E-state index < -0.39 is 0 Å². The van der Waals surface area contributed by atoms with Gasteiger partial charge in [-0.05, 0) is 25.3 Å². The van der Waals surface area contributed by atoms with Gasteiger partial charge in [0.25, 0.3) is 0 Å². The predicted octanol–water partition coefficient (Wildman–Crippen LogP) is 2.62. The van der Waals surface area contributed by atoms with Crippen molar-refractivity contribution in [2.24, 2.45) is 7.05 Å². The zero-order valence-electron chi connectivity index (χ0n) is 13.6. The molecule has 0 bridgehead atoms. The summed E-state index contributed by atoms with van der Waals surface area (Å²) in [5, 5.41) is 10.2. The largest absolute Gasteiger partial charge is 0.342 e. The lowest BCUT2D eigenvalue weighted by Crippen LogP contribution is -2.36. The summed E-state index contributed by atoms with van der Waals surface area (Å²) in [5.74, 6) is 0.539. The van der Waals surface area contributed by atoms with Crippen LogP contribution in [-0.4, -0.2) is 49.4 Å². The number of carbonyl (C=O) groups is 1. The average molecular weight is 341 g/mol. The Morgan fingerprint density at radius 1 is 1.17 bits per heavy atom. The molecule has 0 radical (unpaired) electrons. The molecule has 1 aliphatic rings. The molecule has 1 aliphatic heterocycles. The number of fused-ring (bicyclic) bond motifs is 3. The number of rotatable bonds is 3. The number of likely N-dealkylation sites (tertiary alicyclic amines) is 1. The van der Waals surface area contributed by atoms with Crippen molar-refractivity contribution in [3.8, 4) is 0 Å². The first-order valence-electron chi connectivity index (χ1n) is 8.22. The van der Waals surface area contributed by atoms with E-state index in [-0.39, 0.29) is 5.91 Å². The molecule has 1 fully saturated rings. The average Bonchev–Trinajstić information content (AvgIpc) is 2.93. The van der Waals surface area contributed by atoms with Crippen molar-refractivity contribution < 1.29 is 4.79 Å². The van der Waals surface area contributed by atoms with Gasteiger partial charge in [-0.1, -0.05) is 30.0 Å². The molecule has 0 atom stereocenters. The topological polar surface area (TPSA) is 63.9 Å². The van der Waals surface area contributed by atoms with E-state index in [1.54, 1.807) is 0 Å². The van der Waals surface area contributed by atoms with Crippen molar-refractivity contribution in [1.82, 2.24) is 24.6 Å². The maximum Gasteiger partial charge on any atom is 0.233 e. The quantitative estimate of drug-likeness (QED) is 0.685. The van der Waals surface area contributed by atoms with Crippen LogP contribution in [0.5, 0.6) is 0 Å². The molecule has 0 unspecified atom stereocenters. The second kappa shape index (κ2) is 6.39. The van der Waals surface area contributed by atoms with Crippen LogP contribution in [0, 0.1) is 0 Å². The Bertz CT molecular complexity index is 901. The summed E-state index contributed by atoms with van der Waals surface area (Å²) in [7, 11) is 1.98. The summed E-state index contributed by atoms with van der Waals surface area (Å²) in [6.45, 7) is 1.75. The third kappa shape index (κ3) is 2.73. The van der Waals surface area contributed by atoms with Crippen molar-refractivity contribution in [1.29, 1.82) is 0 Å². The van der Waals surface area contributed by atoms with Gasteiger partial charge in [-0.15, -0.1) is 10.2 Å². The minimum absolute atomic E-state index is 0.167. The van der Waals surface area contributed by atoms with Gasteiger partial charge in [-0.2, -0.15) is 0 Å². The molecule has 3 heterocycles. The van der Waals surface area contributed by atoms with Gasteiger partial charge in [0, 0.05) is 25.5 Å². The van der Waals surface area contributed by atoms with Crippen LogP contribution < -0.4 is 0 Å². The number of hydrogen-bond donors (Lipinski definition) is 0. The number of aryl methyl sites for hydroxylation is 1. The standard InChI is InChI=1S/C17H19N5OS/c1-21-13-8-4-3-7-12(13)15-16(21)18-17(20-19-15)24-11-14(23)22-9-5-2-6-10-22/h3-4,7-8H,2,5-6,9-11H2,1H3. The molecular formula is C17H19N5OS. The second-order valence-electron chi connectivity index (χ2n) is 6.07. The summed E-state index contributed by atoms with van der Waals surface area (Å²) in [4.78, 5) is 18.8. The molecule has 3 aromatic rings. The van der Waals surface area contributed by atoms with Crippen LogP contribution in [0.3, 0.4) is 0 Å². The Hall–Kier alpha value is -2.15. The lowest BCUT2D eigenvalue weighted by molar-refractivity contribution is -0.129. The lowest BCUT2D eigenvalue weighted by Gasteiger charge is -2.26. The molecule has 1 saturated heterocycles. The zero-order chi connectivity index (χ0) is 16.5. The number of piperidine rings is 1. The van der Waals surface area contributed by atoms with Crippen LogP contribution >= 0.6 is 11.8 Å². The van der Waals surface area contributed by atoms with E-state index in [4.69, 9.17) is 0 Å². The van der Waals surface area contributed by atoms with Gasteiger partial charge in [-0.25, -0.2) is 4.98 Å². The molecule has 1 amide bonds. The molecule has 4 rings (SSSR count). The molecule has 7 heteroatoms. The normalized spacial score (nSPS) is 15.3. The summed E-state index contributed by atoms with van der Waals surface area (Å²) in [6.07, 6.45) is 3.44. The molecule has 124 valence electrons. The molecule has 24 heavy (non-hydrogen) atoms. The number of thioether (sulfide) groups is 1.